The molecule has 1 aromatic heterocycles. The maximum atomic E-state index is 10.9. The van der Waals surface area contributed by atoms with Crippen LogP contribution in [0.25, 0.3) is 22.0 Å². The Morgan fingerprint density at radius 1 is 0.938 bits per heavy atom. The van der Waals surface area contributed by atoms with Crippen molar-refractivity contribution >= 4 is 28.5 Å². The Hall–Kier alpha value is -3.97. The number of carboxylic acid groups (broad SMARTS) is 1. The van der Waals surface area contributed by atoms with E-state index in [2.05, 4.69) is 45.6 Å². The van der Waals surface area contributed by atoms with Crippen LogP contribution in [0.1, 0.15) is 11.1 Å². The molecule has 0 aliphatic heterocycles. The molecule has 4 aromatic rings. The molecule has 3 aromatic carbocycles. The number of carbonyl (C=O) groups is 1. The first kappa shape index (κ1) is 21.3. The van der Waals surface area contributed by atoms with E-state index < -0.39 is 12.0 Å². The Kier molecular flexibility index (Phi) is 6.28. The first-order valence-electron chi connectivity index (χ1n) is 10.4. The highest BCUT2D eigenvalue weighted by molar-refractivity contribution is 5.83. The van der Waals surface area contributed by atoms with Crippen LogP contribution in [0.3, 0.4) is 0 Å². The average molecular weight is 428 g/mol. The van der Waals surface area contributed by atoms with Gasteiger partial charge in [-0.15, -0.1) is 0 Å². The van der Waals surface area contributed by atoms with Gasteiger partial charge in [0.05, 0.1) is 5.69 Å². The maximum absolute atomic E-state index is 10.9. The Morgan fingerprint density at radius 2 is 1.66 bits per heavy atom. The third-order valence-electron chi connectivity index (χ3n) is 5.30. The Bertz CT molecular complexity index is 1240. The van der Waals surface area contributed by atoms with Gasteiger partial charge in [0, 0.05) is 18.2 Å². The van der Waals surface area contributed by atoms with E-state index in [9.17, 15) is 4.79 Å². The number of hydrogen-bond donors (Lipinski definition) is 4. The van der Waals surface area contributed by atoms with Crippen LogP contribution in [0.4, 0.5) is 11.8 Å². The number of nitrogen functional groups attached to an aromatic ring is 1. The molecule has 7 heteroatoms. The normalized spacial score (nSPS) is 11.9. The lowest BCUT2D eigenvalue weighted by Crippen LogP contribution is -2.32. The second kappa shape index (κ2) is 9.45. The van der Waals surface area contributed by atoms with E-state index in [-0.39, 0.29) is 12.4 Å². The third kappa shape index (κ3) is 5.19. The molecule has 0 bridgehead atoms. The number of anilines is 2. The number of hydrogen-bond acceptors (Lipinski definition) is 6. The predicted molar refractivity (Wildman–Crippen MR) is 127 cm³/mol. The Balaban J connectivity index is 1.42. The molecule has 1 heterocycles. The highest BCUT2D eigenvalue weighted by Gasteiger charge is 2.12. The van der Waals surface area contributed by atoms with Crippen LogP contribution < -0.4 is 16.8 Å². The number of nitrogens with two attached hydrogens (primary N) is 2. The van der Waals surface area contributed by atoms with Crippen molar-refractivity contribution in [3.8, 4) is 11.3 Å². The maximum Gasteiger partial charge on any atom is 0.320 e. The lowest BCUT2D eigenvalue weighted by molar-refractivity contribution is -0.138. The second-order valence-electron chi connectivity index (χ2n) is 7.70. The average Bonchev–Trinajstić information content (AvgIpc) is 2.79. The number of nitrogens with one attached hydrogen (secondary N) is 1. The van der Waals surface area contributed by atoms with Crippen molar-refractivity contribution < 1.29 is 9.90 Å². The molecule has 4 rings (SSSR count). The van der Waals surface area contributed by atoms with Gasteiger partial charge in [0.15, 0.2) is 0 Å². The van der Waals surface area contributed by atoms with E-state index in [4.69, 9.17) is 16.6 Å². The van der Waals surface area contributed by atoms with Gasteiger partial charge in [-0.2, -0.15) is 4.98 Å². The van der Waals surface area contributed by atoms with E-state index in [0.717, 1.165) is 17.5 Å². The van der Waals surface area contributed by atoms with E-state index in [1.807, 2.05) is 42.5 Å². The summed E-state index contributed by atoms with van der Waals surface area (Å²) in [7, 11) is 0. The van der Waals surface area contributed by atoms with Crippen LogP contribution in [0.2, 0.25) is 0 Å². The molecule has 7 nitrogen and oxygen atoms in total. The fourth-order valence-corrected chi connectivity index (χ4v) is 3.59. The predicted octanol–water partition coefficient (Wildman–Crippen LogP) is 3.49. The van der Waals surface area contributed by atoms with Crippen molar-refractivity contribution in [2.75, 3.05) is 17.6 Å². The van der Waals surface area contributed by atoms with E-state index in [0.29, 0.717) is 18.1 Å². The van der Waals surface area contributed by atoms with E-state index >= 15 is 0 Å². The fourth-order valence-electron chi connectivity index (χ4n) is 3.59. The molecule has 0 radical (unpaired) electrons. The molecule has 6 N–H and O–H groups in total. The highest BCUT2D eigenvalue weighted by Crippen LogP contribution is 2.22. The molecule has 0 aliphatic carbocycles. The number of rotatable bonds is 8. The van der Waals surface area contributed by atoms with Crippen molar-refractivity contribution in [1.82, 2.24) is 9.97 Å². The SMILES string of the molecule is Nc1nc(NCCc2ccc3ccccc3c2)cc(-c2ccc(CC(N)C(=O)O)cc2)n1. The zero-order valence-corrected chi connectivity index (χ0v) is 17.5. The molecule has 0 amide bonds. The number of carboxylic acids is 1. The zero-order valence-electron chi connectivity index (χ0n) is 17.5. The Labute approximate surface area is 186 Å². The summed E-state index contributed by atoms with van der Waals surface area (Å²) < 4.78 is 0. The monoisotopic (exact) mass is 427 g/mol. The fraction of sp³-hybridized carbons (Fsp3) is 0.160. The van der Waals surface area contributed by atoms with Gasteiger partial charge in [-0.25, -0.2) is 4.98 Å². The number of fused-ring (bicyclic) bond motifs is 1. The zero-order chi connectivity index (χ0) is 22.5. The summed E-state index contributed by atoms with van der Waals surface area (Å²) in [6.07, 6.45) is 1.12. The standard InChI is InChI=1S/C25H25N5O2/c26-21(24(31)32)14-16-6-9-19(10-7-16)22-15-23(30-25(27)29-22)28-12-11-17-5-8-18-3-1-2-4-20(18)13-17/h1-10,13,15,21H,11-12,14,26H2,(H,31,32)(H3,27,28,29,30). The summed E-state index contributed by atoms with van der Waals surface area (Å²) in [6.45, 7) is 0.709. The lowest BCUT2D eigenvalue weighted by atomic mass is 10.0. The van der Waals surface area contributed by atoms with Crippen LogP contribution in [-0.2, 0) is 17.6 Å². The van der Waals surface area contributed by atoms with Crippen LogP contribution >= 0.6 is 0 Å². The van der Waals surface area contributed by atoms with E-state index in [1.165, 1.54) is 16.3 Å². The summed E-state index contributed by atoms with van der Waals surface area (Å²) in [5, 5.41) is 14.8. The summed E-state index contributed by atoms with van der Waals surface area (Å²) in [4.78, 5) is 19.6. The molecule has 1 atom stereocenters. The molecule has 0 spiro atoms. The summed E-state index contributed by atoms with van der Waals surface area (Å²) in [5.41, 5.74) is 15.2. The highest BCUT2D eigenvalue weighted by atomic mass is 16.4. The quantitative estimate of drug-likeness (QED) is 0.339. The molecular weight excluding hydrogens is 402 g/mol. The molecule has 0 saturated carbocycles. The number of benzene rings is 3. The molecule has 162 valence electrons. The molecule has 32 heavy (non-hydrogen) atoms. The topological polar surface area (TPSA) is 127 Å². The van der Waals surface area contributed by atoms with Gasteiger partial charge < -0.3 is 21.9 Å². The van der Waals surface area contributed by atoms with Crippen molar-refractivity contribution in [2.24, 2.45) is 5.73 Å². The van der Waals surface area contributed by atoms with Gasteiger partial charge >= 0.3 is 5.97 Å². The van der Waals surface area contributed by atoms with Crippen molar-refractivity contribution in [1.29, 1.82) is 0 Å². The van der Waals surface area contributed by atoms with Gasteiger partial charge in [-0.3, -0.25) is 4.79 Å². The van der Waals surface area contributed by atoms with Gasteiger partial charge in [-0.05, 0) is 34.7 Å². The van der Waals surface area contributed by atoms with Gasteiger partial charge in [0.25, 0.3) is 0 Å². The van der Waals surface area contributed by atoms with Crippen molar-refractivity contribution in [2.45, 2.75) is 18.9 Å². The minimum Gasteiger partial charge on any atom is -0.480 e. The van der Waals surface area contributed by atoms with Crippen LogP contribution in [0.15, 0.2) is 72.8 Å². The summed E-state index contributed by atoms with van der Waals surface area (Å²) in [5.74, 6) is -0.171. The largest absolute Gasteiger partial charge is 0.480 e. The van der Waals surface area contributed by atoms with Crippen LogP contribution in [0.5, 0.6) is 0 Å². The van der Waals surface area contributed by atoms with Crippen molar-refractivity contribution in [3.63, 3.8) is 0 Å². The van der Waals surface area contributed by atoms with Gasteiger partial charge in [0.2, 0.25) is 5.95 Å². The van der Waals surface area contributed by atoms with Crippen LogP contribution in [0, 0.1) is 0 Å². The number of aromatic nitrogens is 2. The van der Waals surface area contributed by atoms with E-state index in [1.54, 1.807) is 0 Å². The molecule has 0 fully saturated rings. The molecular formula is C25H25N5O2. The second-order valence-corrected chi connectivity index (χ2v) is 7.70. The minimum atomic E-state index is -1.02. The number of nitrogens with zero attached hydrogens (tertiary/aromatic N) is 2. The summed E-state index contributed by atoms with van der Waals surface area (Å²) >= 11 is 0. The van der Waals surface area contributed by atoms with Gasteiger partial charge in [0.1, 0.15) is 11.9 Å². The van der Waals surface area contributed by atoms with Gasteiger partial charge in [-0.1, -0.05) is 66.7 Å². The lowest BCUT2D eigenvalue weighted by Gasteiger charge is -2.10. The molecule has 0 saturated heterocycles. The summed E-state index contributed by atoms with van der Waals surface area (Å²) in [6, 6.07) is 23.2. The van der Waals surface area contributed by atoms with Crippen LogP contribution in [-0.4, -0.2) is 33.6 Å². The third-order valence-corrected chi connectivity index (χ3v) is 5.30. The number of aliphatic carboxylic acids is 1. The smallest absolute Gasteiger partial charge is 0.320 e. The first-order chi connectivity index (χ1) is 15.5. The van der Waals surface area contributed by atoms with Crippen molar-refractivity contribution in [3.05, 3.63) is 83.9 Å². The Morgan fingerprint density at radius 3 is 2.41 bits per heavy atom. The minimum absolute atomic E-state index is 0.188. The molecule has 1 unspecified atom stereocenters. The first-order valence-corrected chi connectivity index (χ1v) is 10.4. The molecule has 0 aliphatic rings.